The number of anilines is 1. The monoisotopic (exact) mass is 901 g/mol. The molecule has 4 heterocycles. The van der Waals surface area contributed by atoms with E-state index in [9.17, 15) is 54.9 Å². The molecule has 20 nitrogen and oxygen atoms in total. The number of aliphatic hydroxyl groups is 7. The summed E-state index contributed by atoms with van der Waals surface area (Å²) in [5.74, 6) is -4.76. The van der Waals surface area contributed by atoms with Gasteiger partial charge in [-0.2, -0.15) is 0 Å². The van der Waals surface area contributed by atoms with E-state index >= 15 is 0 Å². The molecule has 6 aliphatic rings. The van der Waals surface area contributed by atoms with Crippen LogP contribution in [0.5, 0.6) is 11.5 Å². The molecule has 3 aromatic rings. The van der Waals surface area contributed by atoms with Gasteiger partial charge in [0.25, 0.3) is 0 Å². The van der Waals surface area contributed by atoms with E-state index < -0.39 is 116 Å². The van der Waals surface area contributed by atoms with Gasteiger partial charge in [-0.25, -0.2) is 0 Å². The summed E-state index contributed by atoms with van der Waals surface area (Å²) in [6.45, 7) is -2.48. The SMILES string of the molecule is N[C@@H]1NC(=O)[C@H]2NCN(c3ccccc3[C@@H]3/C(CCO)=C/OC[C@@H]4O[C@H](Oc5c3cc3c(c5OC[C@H](O)CC=O)C(=O)c5cc(CO)ccc5C3=O)[C@]3(O)[C@@H](CO)CC[C@@]4(O)[C@H]3O)[C@@H]2N1. The van der Waals surface area contributed by atoms with Crippen molar-refractivity contribution in [3.8, 4) is 11.5 Å². The summed E-state index contributed by atoms with van der Waals surface area (Å²) >= 11 is 0. The number of aldehydes is 1. The number of nitrogens with zero attached hydrogens (tertiary/aromatic N) is 1. The molecule has 0 unspecified atom stereocenters. The van der Waals surface area contributed by atoms with Crippen molar-refractivity contribution in [3.05, 3.63) is 99.3 Å². The van der Waals surface area contributed by atoms with Gasteiger partial charge in [0.1, 0.15) is 55.8 Å². The summed E-state index contributed by atoms with van der Waals surface area (Å²) < 4.78 is 25.7. The number of amides is 1. The molecule has 9 rings (SSSR count). The van der Waals surface area contributed by atoms with Crippen molar-refractivity contribution in [1.29, 1.82) is 0 Å². The number of nitrogens with one attached hydrogen (secondary N) is 3. The number of carbonyl (C=O) groups excluding carboxylic acids is 4. The first-order chi connectivity index (χ1) is 31.3. The van der Waals surface area contributed by atoms with Gasteiger partial charge in [-0.05, 0) is 60.2 Å². The number of ether oxygens (including phenoxy) is 4. The normalized spacial score (nSPS) is 32.8. The van der Waals surface area contributed by atoms with Crippen LogP contribution in [0.3, 0.4) is 0 Å². The van der Waals surface area contributed by atoms with Gasteiger partial charge >= 0.3 is 0 Å². The fourth-order valence-electron chi connectivity index (χ4n) is 10.2. The fourth-order valence-corrected chi connectivity index (χ4v) is 10.2. The molecule has 346 valence electrons. The number of carbonyl (C=O) groups is 4. The third-order valence-electron chi connectivity index (χ3n) is 13.6. The molecule has 0 radical (unpaired) electrons. The minimum absolute atomic E-state index is 0.00111. The zero-order valence-electron chi connectivity index (χ0n) is 35.0. The molecule has 4 bridgehead atoms. The van der Waals surface area contributed by atoms with Crippen molar-refractivity contribution in [3.63, 3.8) is 0 Å². The highest BCUT2D eigenvalue weighted by molar-refractivity contribution is 6.29. The number of fused-ring (bicyclic) bond motifs is 10. The molecule has 2 aliphatic carbocycles. The quantitative estimate of drug-likeness (QED) is 0.0730. The minimum atomic E-state index is -2.53. The van der Waals surface area contributed by atoms with Crippen LogP contribution in [-0.2, 0) is 25.7 Å². The molecule has 11 atom stereocenters. The molecular formula is C45H51N5O15. The first-order valence-corrected chi connectivity index (χ1v) is 21.5. The van der Waals surface area contributed by atoms with E-state index in [1.54, 1.807) is 24.3 Å². The molecule has 0 spiro atoms. The molecular weight excluding hydrogens is 851 g/mol. The molecule has 65 heavy (non-hydrogen) atoms. The van der Waals surface area contributed by atoms with Crippen LogP contribution in [-0.4, -0.2) is 147 Å². The first kappa shape index (κ1) is 44.8. The van der Waals surface area contributed by atoms with Crippen molar-refractivity contribution in [2.24, 2.45) is 11.7 Å². The van der Waals surface area contributed by atoms with Gasteiger partial charge in [0.15, 0.2) is 28.7 Å². The van der Waals surface area contributed by atoms with Crippen LogP contribution >= 0.6 is 0 Å². The summed E-state index contributed by atoms with van der Waals surface area (Å²) in [7, 11) is 0. The van der Waals surface area contributed by atoms with Crippen LogP contribution in [0, 0.1) is 5.92 Å². The lowest BCUT2D eigenvalue weighted by Crippen LogP contribution is -2.78. The summed E-state index contributed by atoms with van der Waals surface area (Å²) in [6, 6.07) is 12.0. The van der Waals surface area contributed by atoms with E-state index in [2.05, 4.69) is 16.0 Å². The Balaban J connectivity index is 1.35. The highest BCUT2D eigenvalue weighted by Crippen LogP contribution is 2.54. The highest BCUT2D eigenvalue weighted by Gasteiger charge is 2.69. The average molecular weight is 902 g/mol. The van der Waals surface area contributed by atoms with Gasteiger partial charge in [-0.1, -0.05) is 24.3 Å². The smallest absolute Gasteiger partial charge is 0.242 e. The molecule has 4 aliphatic heterocycles. The fraction of sp³-hybridized carbons (Fsp3) is 0.467. The number of para-hydroxylation sites is 1. The van der Waals surface area contributed by atoms with Crippen LogP contribution in [0.25, 0.3) is 0 Å². The lowest BCUT2D eigenvalue weighted by atomic mass is 9.62. The largest absolute Gasteiger partial charge is 0.498 e. The molecule has 12 N–H and O–H groups in total. The minimum Gasteiger partial charge on any atom is -0.498 e. The Morgan fingerprint density at radius 3 is 2.57 bits per heavy atom. The van der Waals surface area contributed by atoms with E-state index in [-0.39, 0.29) is 71.8 Å². The Hall–Kier alpha value is -5.36. The van der Waals surface area contributed by atoms with Gasteiger partial charge in [0.05, 0.1) is 31.2 Å². The van der Waals surface area contributed by atoms with E-state index in [0.717, 1.165) is 0 Å². The Labute approximate surface area is 371 Å². The second-order valence-electron chi connectivity index (χ2n) is 17.3. The second kappa shape index (κ2) is 17.5. The van der Waals surface area contributed by atoms with Gasteiger partial charge in [0.2, 0.25) is 12.2 Å². The highest BCUT2D eigenvalue weighted by atomic mass is 16.7. The van der Waals surface area contributed by atoms with Gasteiger partial charge in [-0.15, -0.1) is 0 Å². The van der Waals surface area contributed by atoms with Gasteiger partial charge < -0.3 is 69.7 Å². The number of hydrogen-bond acceptors (Lipinski definition) is 19. The lowest BCUT2D eigenvalue weighted by Gasteiger charge is -2.59. The zero-order valence-corrected chi connectivity index (χ0v) is 35.0. The maximum atomic E-state index is 14.9. The van der Waals surface area contributed by atoms with Gasteiger partial charge in [0, 0.05) is 59.4 Å². The molecule has 20 heteroatoms. The predicted molar refractivity (Wildman–Crippen MR) is 224 cm³/mol. The summed E-state index contributed by atoms with van der Waals surface area (Å²) in [4.78, 5) is 56.3. The number of nitrogens with two attached hydrogens (primary N) is 1. The predicted octanol–water partition coefficient (Wildman–Crippen LogP) is -1.94. The van der Waals surface area contributed by atoms with Crippen LogP contribution in [0.4, 0.5) is 5.69 Å². The molecule has 3 saturated heterocycles. The number of ketones is 2. The number of aliphatic hydroxyl groups excluding tert-OH is 5. The summed E-state index contributed by atoms with van der Waals surface area (Å²) in [6.07, 6.45) is -7.11. The Morgan fingerprint density at radius 1 is 1.02 bits per heavy atom. The third kappa shape index (κ3) is 7.29. The van der Waals surface area contributed by atoms with Gasteiger partial charge in [-0.3, -0.25) is 30.8 Å². The zero-order chi connectivity index (χ0) is 45.9. The third-order valence-corrected chi connectivity index (χ3v) is 13.6. The van der Waals surface area contributed by atoms with Crippen LogP contribution < -0.4 is 36.1 Å². The maximum absolute atomic E-state index is 14.9. The topological polar surface area (TPSA) is 312 Å². The van der Waals surface area contributed by atoms with E-state index in [1.165, 1.54) is 30.5 Å². The van der Waals surface area contributed by atoms with E-state index in [4.69, 9.17) is 24.7 Å². The average Bonchev–Trinajstić information content (AvgIpc) is 3.71. The van der Waals surface area contributed by atoms with Crippen molar-refractivity contribution in [2.75, 3.05) is 38.0 Å². The van der Waals surface area contributed by atoms with Crippen molar-refractivity contribution < 1.29 is 73.9 Å². The van der Waals surface area contributed by atoms with Crippen molar-refractivity contribution in [1.82, 2.24) is 16.0 Å². The van der Waals surface area contributed by atoms with E-state index in [0.29, 0.717) is 28.7 Å². The molecule has 0 aromatic heterocycles. The Kier molecular flexibility index (Phi) is 12.0. The molecule has 1 amide bonds. The number of rotatable bonds is 11. The van der Waals surface area contributed by atoms with Crippen LogP contribution in [0.2, 0.25) is 0 Å². The maximum Gasteiger partial charge on any atom is 0.242 e. The van der Waals surface area contributed by atoms with Crippen molar-refractivity contribution >= 4 is 29.4 Å². The van der Waals surface area contributed by atoms with E-state index in [1.807, 2.05) is 4.90 Å². The van der Waals surface area contributed by atoms with Crippen LogP contribution in [0.15, 0.2) is 60.4 Å². The lowest BCUT2D eigenvalue weighted by molar-refractivity contribution is -0.381. The Morgan fingerprint density at radius 2 is 1.82 bits per heavy atom. The van der Waals surface area contributed by atoms with Crippen LogP contribution in [0.1, 0.15) is 80.1 Å². The number of hydrogen-bond donors (Lipinski definition) is 11. The standard InChI is InChI=1S/C45H51N5O15/c46-43-48-39-34(40(58)49-43)47-20-50(39)30-4-2-1-3-26(30)32-22(8-11-51)17-62-19-31-44(60)10-7-23(16-54)45(61,41(44)59)42(64-31)65-37-29(32)14-28-33(38(37)63-18-24(55)9-12-52)36(57)27-13-21(15-53)5-6-25(27)35(28)56/h1-6,12-14,17,23-24,31-32,34,39,41-43,47-48,51,53-55,59-61H,7-11,15-16,18-20,46H2,(H,49,58)/b22-17+/t23-,24-,31+,32+,34+,39+,41-,42-,43+,44+,45+/m1/s1. The first-order valence-electron chi connectivity index (χ1n) is 21.5. The Bertz CT molecular complexity index is 2430. The second-order valence-corrected chi connectivity index (χ2v) is 17.3. The molecule has 3 aromatic carbocycles. The number of benzene rings is 3. The molecule has 1 saturated carbocycles. The molecule has 4 fully saturated rings. The summed E-state index contributed by atoms with van der Waals surface area (Å²) in [5.41, 5.74) is 2.69. The van der Waals surface area contributed by atoms with Crippen molar-refractivity contribution in [2.45, 2.75) is 92.5 Å². The summed E-state index contributed by atoms with van der Waals surface area (Å²) in [5, 5.41) is 88.0.